The molecule has 160 valence electrons. The molecule has 32 heavy (non-hydrogen) atoms. The topological polar surface area (TPSA) is 120 Å². The van der Waals surface area contributed by atoms with Gasteiger partial charge in [0, 0.05) is 33.6 Å². The molecule has 0 unspecified atom stereocenters. The number of aliphatic hydroxyl groups is 1. The number of carbonyl (C=O) groups is 1. The van der Waals surface area contributed by atoms with Crippen molar-refractivity contribution >= 4 is 45.9 Å². The standard InChI is InChI=1S/C22H15Cl2N5O3/c23-13-5-6-16-17(11-13)27-22(32)19(26-16)18(20(30)14-3-1-2-4-15(14)24)28-29-21(31)12-7-9-25-10-8-12/h1-11,20,30H,(H,27,32)(H,29,31)/b28-18-/t20-/m1/s1. The monoisotopic (exact) mass is 467 g/mol. The average Bonchev–Trinajstić information content (AvgIpc) is 2.80. The number of aromatic nitrogens is 3. The first-order valence-electron chi connectivity index (χ1n) is 9.34. The summed E-state index contributed by atoms with van der Waals surface area (Å²) in [6.07, 6.45) is 1.47. The molecule has 3 N–H and O–H groups in total. The molecule has 0 aliphatic heterocycles. The predicted molar refractivity (Wildman–Crippen MR) is 122 cm³/mol. The number of hydrogen-bond donors (Lipinski definition) is 3. The summed E-state index contributed by atoms with van der Waals surface area (Å²) in [5.41, 5.74) is 2.80. The van der Waals surface area contributed by atoms with E-state index >= 15 is 0 Å². The third-order valence-corrected chi connectivity index (χ3v) is 5.16. The highest BCUT2D eigenvalue weighted by Gasteiger charge is 2.24. The quantitative estimate of drug-likeness (QED) is 0.306. The van der Waals surface area contributed by atoms with Crippen LogP contribution >= 0.6 is 23.2 Å². The number of fused-ring (bicyclic) bond motifs is 1. The van der Waals surface area contributed by atoms with Crippen LogP contribution in [-0.2, 0) is 0 Å². The molecule has 2 aromatic heterocycles. The number of nitrogens with zero attached hydrogens (tertiary/aromatic N) is 3. The fourth-order valence-electron chi connectivity index (χ4n) is 3.00. The van der Waals surface area contributed by atoms with Gasteiger partial charge in [-0.15, -0.1) is 0 Å². The molecule has 0 saturated heterocycles. The van der Waals surface area contributed by atoms with Crippen LogP contribution in [0, 0.1) is 0 Å². The fraction of sp³-hybridized carbons (Fsp3) is 0.0455. The number of hydrazone groups is 1. The molecule has 0 fully saturated rings. The number of hydrogen-bond acceptors (Lipinski definition) is 6. The third-order valence-electron chi connectivity index (χ3n) is 4.58. The number of carbonyl (C=O) groups excluding carboxylic acids is 1. The van der Waals surface area contributed by atoms with Gasteiger partial charge in [-0.3, -0.25) is 14.6 Å². The molecule has 0 radical (unpaired) electrons. The minimum Gasteiger partial charge on any atom is -0.382 e. The van der Waals surface area contributed by atoms with Gasteiger partial charge in [0.2, 0.25) is 0 Å². The van der Waals surface area contributed by atoms with Crippen LogP contribution in [0.25, 0.3) is 11.0 Å². The van der Waals surface area contributed by atoms with Gasteiger partial charge >= 0.3 is 0 Å². The second kappa shape index (κ2) is 9.27. The SMILES string of the molecule is O=C(N/N=C(/c1nc2ccc(Cl)cc2[nH]c1=O)[C@H](O)c1ccccc1Cl)c1ccncc1. The van der Waals surface area contributed by atoms with Crippen molar-refractivity contribution < 1.29 is 9.90 Å². The number of halogens is 2. The molecule has 0 saturated carbocycles. The van der Waals surface area contributed by atoms with Crippen LogP contribution in [0.5, 0.6) is 0 Å². The number of benzene rings is 2. The van der Waals surface area contributed by atoms with Gasteiger partial charge in [0.05, 0.1) is 11.0 Å². The molecular weight excluding hydrogens is 453 g/mol. The highest BCUT2D eigenvalue weighted by Crippen LogP contribution is 2.25. The van der Waals surface area contributed by atoms with Crippen molar-refractivity contribution in [1.82, 2.24) is 20.4 Å². The van der Waals surface area contributed by atoms with Gasteiger partial charge in [-0.1, -0.05) is 41.4 Å². The van der Waals surface area contributed by atoms with Crippen LogP contribution in [0.1, 0.15) is 27.7 Å². The summed E-state index contributed by atoms with van der Waals surface area (Å²) >= 11 is 12.2. The van der Waals surface area contributed by atoms with Crippen molar-refractivity contribution in [3.8, 4) is 0 Å². The van der Waals surface area contributed by atoms with E-state index in [1.807, 2.05) is 0 Å². The van der Waals surface area contributed by atoms with E-state index in [4.69, 9.17) is 23.2 Å². The van der Waals surface area contributed by atoms with Crippen LogP contribution < -0.4 is 11.0 Å². The summed E-state index contributed by atoms with van der Waals surface area (Å²) in [7, 11) is 0. The van der Waals surface area contributed by atoms with Crippen LogP contribution in [0.3, 0.4) is 0 Å². The second-order valence-electron chi connectivity index (χ2n) is 6.67. The maximum Gasteiger partial charge on any atom is 0.276 e. The molecule has 0 spiro atoms. The highest BCUT2D eigenvalue weighted by molar-refractivity contribution is 6.32. The van der Waals surface area contributed by atoms with Crippen LogP contribution in [0.2, 0.25) is 10.0 Å². The number of amides is 1. The Hall–Kier alpha value is -3.59. The Balaban J connectivity index is 1.82. The van der Waals surface area contributed by atoms with Gasteiger partial charge in [0.1, 0.15) is 11.8 Å². The van der Waals surface area contributed by atoms with E-state index in [-0.39, 0.29) is 16.4 Å². The maximum absolute atomic E-state index is 12.8. The molecule has 1 atom stereocenters. The lowest BCUT2D eigenvalue weighted by molar-refractivity contribution is 0.0954. The zero-order valence-electron chi connectivity index (χ0n) is 16.3. The Morgan fingerprint density at radius 3 is 2.59 bits per heavy atom. The summed E-state index contributed by atoms with van der Waals surface area (Å²) < 4.78 is 0. The Kier molecular flexibility index (Phi) is 6.27. The molecule has 2 aromatic carbocycles. The summed E-state index contributed by atoms with van der Waals surface area (Å²) in [6.45, 7) is 0. The molecule has 4 aromatic rings. The smallest absolute Gasteiger partial charge is 0.276 e. The van der Waals surface area contributed by atoms with E-state index in [9.17, 15) is 14.7 Å². The summed E-state index contributed by atoms with van der Waals surface area (Å²) in [5, 5.41) is 15.8. The zero-order valence-corrected chi connectivity index (χ0v) is 17.8. The van der Waals surface area contributed by atoms with Crippen molar-refractivity contribution in [3.63, 3.8) is 0 Å². The van der Waals surface area contributed by atoms with Crippen molar-refractivity contribution in [3.05, 3.63) is 104 Å². The maximum atomic E-state index is 12.8. The second-order valence-corrected chi connectivity index (χ2v) is 7.52. The van der Waals surface area contributed by atoms with Gasteiger partial charge < -0.3 is 10.1 Å². The van der Waals surface area contributed by atoms with E-state index in [2.05, 4.69) is 25.5 Å². The van der Waals surface area contributed by atoms with E-state index in [1.54, 1.807) is 42.5 Å². The average molecular weight is 468 g/mol. The Bertz CT molecular complexity index is 1390. The van der Waals surface area contributed by atoms with Gasteiger partial charge in [-0.05, 0) is 36.4 Å². The number of H-pyrrole nitrogens is 1. The first-order valence-corrected chi connectivity index (χ1v) is 10.1. The fourth-order valence-corrected chi connectivity index (χ4v) is 3.41. The van der Waals surface area contributed by atoms with Gasteiger partial charge in [0.15, 0.2) is 5.69 Å². The number of aromatic amines is 1. The van der Waals surface area contributed by atoms with Crippen LogP contribution in [-0.4, -0.2) is 31.7 Å². The minimum absolute atomic E-state index is 0.178. The molecule has 2 heterocycles. The minimum atomic E-state index is -1.44. The molecule has 0 aliphatic carbocycles. The third kappa shape index (κ3) is 4.52. The summed E-state index contributed by atoms with van der Waals surface area (Å²) in [6, 6.07) is 14.3. The molecule has 4 rings (SSSR count). The molecule has 1 amide bonds. The molecule has 10 heteroatoms. The Labute approximate surface area is 191 Å². The summed E-state index contributed by atoms with van der Waals surface area (Å²) in [5.74, 6) is -0.555. The van der Waals surface area contributed by atoms with Crippen LogP contribution in [0.4, 0.5) is 0 Å². The van der Waals surface area contributed by atoms with E-state index < -0.39 is 17.6 Å². The largest absolute Gasteiger partial charge is 0.382 e. The van der Waals surface area contributed by atoms with Crippen molar-refractivity contribution in [1.29, 1.82) is 0 Å². The van der Waals surface area contributed by atoms with Gasteiger partial charge in [0.25, 0.3) is 11.5 Å². The lowest BCUT2D eigenvalue weighted by Crippen LogP contribution is -2.29. The van der Waals surface area contributed by atoms with E-state index in [0.717, 1.165) is 0 Å². The molecule has 0 bridgehead atoms. The number of rotatable bonds is 5. The molecular formula is C22H15Cl2N5O3. The predicted octanol–water partition coefficient (Wildman–Crippen LogP) is 3.49. The lowest BCUT2D eigenvalue weighted by Gasteiger charge is -2.15. The van der Waals surface area contributed by atoms with Gasteiger partial charge in [-0.25, -0.2) is 10.4 Å². The molecule has 8 nitrogen and oxygen atoms in total. The van der Waals surface area contributed by atoms with Crippen molar-refractivity contribution in [2.75, 3.05) is 0 Å². The molecule has 0 aliphatic rings. The lowest BCUT2D eigenvalue weighted by atomic mass is 10.0. The van der Waals surface area contributed by atoms with Gasteiger partial charge in [-0.2, -0.15) is 5.10 Å². The van der Waals surface area contributed by atoms with E-state index in [0.29, 0.717) is 27.2 Å². The normalized spacial score (nSPS) is 12.5. The summed E-state index contributed by atoms with van der Waals surface area (Å²) in [4.78, 5) is 36.2. The first-order chi connectivity index (χ1) is 15.4. The van der Waals surface area contributed by atoms with Crippen molar-refractivity contribution in [2.24, 2.45) is 5.10 Å². The van der Waals surface area contributed by atoms with Crippen LogP contribution in [0.15, 0.2) is 76.9 Å². The Morgan fingerprint density at radius 1 is 1.09 bits per heavy atom. The number of pyridine rings is 1. The number of nitrogens with one attached hydrogen (secondary N) is 2. The van der Waals surface area contributed by atoms with E-state index in [1.165, 1.54) is 24.5 Å². The highest BCUT2D eigenvalue weighted by atomic mass is 35.5. The Morgan fingerprint density at radius 2 is 1.84 bits per heavy atom. The first kappa shape index (κ1) is 21.6. The number of aliphatic hydroxyl groups excluding tert-OH is 1. The van der Waals surface area contributed by atoms with Crippen molar-refractivity contribution in [2.45, 2.75) is 6.10 Å². The zero-order chi connectivity index (χ0) is 22.7.